The maximum absolute atomic E-state index is 14.7. The number of rotatable bonds is 6. The van der Waals surface area contributed by atoms with Gasteiger partial charge < -0.3 is 14.4 Å². The van der Waals surface area contributed by atoms with Crippen LogP contribution < -0.4 is 14.7 Å². The number of allylic oxidation sites excluding steroid dienone is 3. The monoisotopic (exact) mass is 568 g/mol. The van der Waals surface area contributed by atoms with E-state index in [2.05, 4.69) is 31.9 Å². The Labute approximate surface area is 222 Å². The van der Waals surface area contributed by atoms with Crippen LogP contribution in [0.4, 0.5) is 26.6 Å². The fraction of sp³-hybridized carbons (Fsp3) is 0.269. The van der Waals surface area contributed by atoms with Crippen molar-refractivity contribution in [1.82, 2.24) is 14.9 Å². The SMILES string of the molecule is CN(C)CC1CC=CC=C1N(C1=COC=CO1)c1ncc2c(n1)N(C)C(=O)N(c1c(F)cccc1Br)C2. The van der Waals surface area contributed by atoms with E-state index >= 15 is 0 Å². The first kappa shape index (κ1) is 25.0. The lowest BCUT2D eigenvalue weighted by atomic mass is 9.95. The molecule has 0 spiro atoms. The summed E-state index contributed by atoms with van der Waals surface area (Å²) < 4.78 is 26.4. The molecule has 11 heteroatoms. The molecule has 0 saturated heterocycles. The number of para-hydroxylation sites is 1. The summed E-state index contributed by atoms with van der Waals surface area (Å²) >= 11 is 3.37. The summed E-state index contributed by atoms with van der Waals surface area (Å²) in [5, 5.41) is 0. The van der Waals surface area contributed by atoms with Gasteiger partial charge in [-0.3, -0.25) is 9.80 Å². The molecule has 37 heavy (non-hydrogen) atoms. The van der Waals surface area contributed by atoms with Crippen molar-refractivity contribution in [1.29, 1.82) is 0 Å². The van der Waals surface area contributed by atoms with Gasteiger partial charge in [0.25, 0.3) is 0 Å². The average Bonchev–Trinajstić information content (AvgIpc) is 2.88. The number of benzene rings is 1. The average molecular weight is 569 g/mol. The zero-order valence-corrected chi connectivity index (χ0v) is 22.2. The second-order valence-corrected chi connectivity index (χ2v) is 9.90. The van der Waals surface area contributed by atoms with Gasteiger partial charge in [0.2, 0.25) is 11.8 Å². The number of fused-ring (bicyclic) bond motifs is 1. The third kappa shape index (κ3) is 4.84. The predicted molar refractivity (Wildman–Crippen MR) is 142 cm³/mol. The van der Waals surface area contributed by atoms with Gasteiger partial charge in [-0.2, -0.15) is 4.98 Å². The lowest BCUT2D eigenvalue weighted by molar-refractivity contribution is 0.246. The van der Waals surface area contributed by atoms with Crippen molar-refractivity contribution >= 4 is 39.4 Å². The van der Waals surface area contributed by atoms with Crippen molar-refractivity contribution in [3.63, 3.8) is 0 Å². The molecule has 3 heterocycles. The summed E-state index contributed by atoms with van der Waals surface area (Å²) in [6, 6.07) is 4.20. The molecule has 0 bridgehead atoms. The quantitative estimate of drug-likeness (QED) is 0.480. The molecule has 5 rings (SSSR count). The molecule has 2 amide bonds. The normalized spacial score (nSPS) is 18.8. The Morgan fingerprint density at radius 2 is 2.11 bits per heavy atom. The summed E-state index contributed by atoms with van der Waals surface area (Å²) in [4.78, 5) is 29.5. The van der Waals surface area contributed by atoms with E-state index in [1.165, 1.54) is 34.7 Å². The van der Waals surface area contributed by atoms with E-state index in [0.717, 1.165) is 18.7 Å². The summed E-state index contributed by atoms with van der Waals surface area (Å²) in [7, 11) is 5.67. The van der Waals surface area contributed by atoms with Crippen LogP contribution in [-0.4, -0.2) is 48.6 Å². The highest BCUT2D eigenvalue weighted by Crippen LogP contribution is 2.38. The third-order valence-electron chi connectivity index (χ3n) is 6.20. The predicted octanol–water partition coefficient (Wildman–Crippen LogP) is 5.10. The molecule has 192 valence electrons. The number of aromatic nitrogens is 2. The fourth-order valence-electron chi connectivity index (χ4n) is 4.56. The number of hydrogen-bond donors (Lipinski definition) is 0. The summed E-state index contributed by atoms with van der Waals surface area (Å²) in [6.07, 6.45) is 13.0. The molecular weight excluding hydrogens is 543 g/mol. The van der Waals surface area contributed by atoms with E-state index in [9.17, 15) is 9.18 Å². The van der Waals surface area contributed by atoms with Gasteiger partial charge in [-0.15, -0.1) is 0 Å². The van der Waals surface area contributed by atoms with E-state index in [1.54, 1.807) is 30.3 Å². The van der Waals surface area contributed by atoms with E-state index in [1.807, 2.05) is 26.2 Å². The van der Waals surface area contributed by atoms with Crippen molar-refractivity contribution < 1.29 is 18.7 Å². The number of halogens is 2. The highest BCUT2D eigenvalue weighted by atomic mass is 79.9. The zero-order chi connectivity index (χ0) is 26.1. The van der Waals surface area contributed by atoms with Crippen LogP contribution in [0.3, 0.4) is 0 Å². The maximum atomic E-state index is 14.7. The molecule has 1 aromatic carbocycles. The number of anilines is 3. The molecule has 1 aliphatic carbocycles. The lowest BCUT2D eigenvalue weighted by Gasteiger charge is -2.36. The van der Waals surface area contributed by atoms with Gasteiger partial charge in [0.05, 0.1) is 12.2 Å². The number of carbonyl (C=O) groups is 1. The Morgan fingerprint density at radius 1 is 1.27 bits per heavy atom. The van der Waals surface area contributed by atoms with E-state index in [4.69, 9.17) is 14.5 Å². The van der Waals surface area contributed by atoms with Crippen molar-refractivity contribution in [2.45, 2.75) is 13.0 Å². The van der Waals surface area contributed by atoms with E-state index in [0.29, 0.717) is 27.7 Å². The van der Waals surface area contributed by atoms with Gasteiger partial charge in [0.1, 0.15) is 24.2 Å². The first-order chi connectivity index (χ1) is 17.8. The summed E-state index contributed by atoms with van der Waals surface area (Å²) in [5.74, 6) is 0.807. The van der Waals surface area contributed by atoms with Crippen molar-refractivity contribution in [2.24, 2.45) is 5.92 Å². The molecule has 0 fully saturated rings. The molecule has 0 N–H and O–H groups in total. The largest absolute Gasteiger partial charge is 0.464 e. The zero-order valence-electron chi connectivity index (χ0n) is 20.6. The molecule has 3 aliphatic rings. The molecule has 0 radical (unpaired) electrons. The maximum Gasteiger partial charge on any atom is 0.330 e. The minimum Gasteiger partial charge on any atom is -0.464 e. The van der Waals surface area contributed by atoms with Crippen molar-refractivity contribution in [3.8, 4) is 0 Å². The van der Waals surface area contributed by atoms with Crippen LogP contribution in [0, 0.1) is 11.7 Å². The molecule has 1 unspecified atom stereocenters. The lowest BCUT2D eigenvalue weighted by Crippen LogP contribution is -2.46. The molecule has 0 saturated carbocycles. The van der Waals surface area contributed by atoms with Gasteiger partial charge in [-0.25, -0.2) is 19.1 Å². The van der Waals surface area contributed by atoms with Crippen LogP contribution >= 0.6 is 15.9 Å². The number of hydrogen-bond acceptors (Lipinski definition) is 7. The van der Waals surface area contributed by atoms with Gasteiger partial charge >= 0.3 is 6.03 Å². The molecule has 2 aromatic rings. The Morgan fingerprint density at radius 3 is 2.84 bits per heavy atom. The number of carbonyl (C=O) groups excluding carboxylic acids is 1. The van der Waals surface area contributed by atoms with Crippen LogP contribution in [0.1, 0.15) is 12.0 Å². The Hall–Kier alpha value is -3.70. The highest BCUT2D eigenvalue weighted by molar-refractivity contribution is 9.10. The number of amides is 2. The first-order valence-corrected chi connectivity index (χ1v) is 12.5. The van der Waals surface area contributed by atoms with Crippen molar-refractivity contribution in [3.05, 3.63) is 88.8 Å². The van der Waals surface area contributed by atoms with Gasteiger partial charge in [0.15, 0.2) is 6.26 Å². The second kappa shape index (κ2) is 10.3. The Bertz CT molecular complexity index is 1320. The second-order valence-electron chi connectivity index (χ2n) is 9.05. The highest BCUT2D eigenvalue weighted by Gasteiger charge is 2.35. The fourth-order valence-corrected chi connectivity index (χ4v) is 5.12. The summed E-state index contributed by atoms with van der Waals surface area (Å²) in [5.41, 5.74) is 1.78. The number of ether oxygens (including phenoxy) is 2. The third-order valence-corrected chi connectivity index (χ3v) is 6.84. The van der Waals surface area contributed by atoms with Gasteiger partial charge in [0, 0.05) is 41.4 Å². The Kier molecular flexibility index (Phi) is 6.98. The number of urea groups is 1. The molecule has 2 aliphatic heterocycles. The van der Waals surface area contributed by atoms with E-state index < -0.39 is 11.8 Å². The molecule has 1 atom stereocenters. The van der Waals surface area contributed by atoms with Crippen LogP contribution in [0.25, 0.3) is 0 Å². The van der Waals surface area contributed by atoms with Crippen LogP contribution in [0.2, 0.25) is 0 Å². The van der Waals surface area contributed by atoms with E-state index in [-0.39, 0.29) is 18.2 Å². The first-order valence-electron chi connectivity index (χ1n) is 11.7. The Balaban J connectivity index is 1.55. The van der Waals surface area contributed by atoms with Gasteiger partial charge in [-0.1, -0.05) is 18.2 Å². The number of nitrogens with zero attached hydrogens (tertiary/aromatic N) is 6. The van der Waals surface area contributed by atoms with Crippen LogP contribution in [0.15, 0.2) is 77.5 Å². The minimum absolute atomic E-state index is 0.123. The van der Waals surface area contributed by atoms with Crippen molar-refractivity contribution in [2.75, 3.05) is 42.4 Å². The molecule has 1 aromatic heterocycles. The van der Waals surface area contributed by atoms with Crippen LogP contribution in [0.5, 0.6) is 0 Å². The summed E-state index contributed by atoms with van der Waals surface area (Å²) in [6.45, 7) is 0.921. The standard InChI is InChI=1S/C26H26BrFN6O3/c1-31(2)14-17-7-4-5-10-21(17)34(22-16-36-11-12-37-22)25-29-13-18-15-33(26(35)32(3)24(18)30-25)23-19(27)8-6-9-20(23)28/h4-6,8-13,16-17H,7,14-15H2,1-3H3. The topological polar surface area (TPSA) is 74.3 Å². The minimum atomic E-state index is -0.498. The van der Waals surface area contributed by atoms with Crippen LogP contribution in [-0.2, 0) is 16.0 Å². The molecule has 9 nitrogen and oxygen atoms in total. The van der Waals surface area contributed by atoms with Gasteiger partial charge in [-0.05, 0) is 54.7 Å². The molecular formula is C26H26BrFN6O3. The smallest absolute Gasteiger partial charge is 0.330 e.